The van der Waals surface area contributed by atoms with Gasteiger partial charge in [-0.1, -0.05) is 6.08 Å². The Balaban J connectivity index is 3.18. The molecule has 0 bridgehead atoms. The highest BCUT2D eigenvalue weighted by molar-refractivity contribution is 5.81. The summed E-state index contributed by atoms with van der Waals surface area (Å²) in [5.41, 5.74) is 2.25. The van der Waals surface area contributed by atoms with Crippen molar-refractivity contribution in [2.45, 2.75) is 6.42 Å². The molecule has 3 nitrogen and oxygen atoms in total. The van der Waals surface area contributed by atoms with Crippen LogP contribution in [0.5, 0.6) is 0 Å². The lowest BCUT2D eigenvalue weighted by Gasteiger charge is -1.91. The minimum Gasteiger partial charge on any atom is -0.298 e. The molecule has 0 aliphatic rings. The smallest absolute Gasteiger partial charge is 0.151 e. The molecule has 0 aromatic carbocycles. The molecule has 0 aromatic heterocycles. The molecule has 0 aromatic rings. The third-order valence-electron chi connectivity index (χ3n) is 0.671. The van der Waals surface area contributed by atoms with Crippen molar-refractivity contribution in [2.75, 3.05) is 6.54 Å². The average molecular weight is 114 g/mol. The molecule has 3 heteroatoms. The van der Waals surface area contributed by atoms with Gasteiger partial charge < -0.3 is 0 Å². The Bertz CT molecular complexity index is 90.4. The molecule has 0 radical (unpaired) electrons. The van der Waals surface area contributed by atoms with Gasteiger partial charge in [-0.2, -0.15) is 0 Å². The monoisotopic (exact) mass is 114 g/mol. The van der Waals surface area contributed by atoms with E-state index in [-0.39, 0.29) is 12.3 Å². The lowest BCUT2D eigenvalue weighted by molar-refractivity contribution is -0.117. The van der Waals surface area contributed by atoms with Crippen LogP contribution in [0, 0.1) is 0 Å². The summed E-state index contributed by atoms with van der Waals surface area (Å²) in [6.07, 6.45) is 1.95. The van der Waals surface area contributed by atoms with Crippen molar-refractivity contribution in [1.29, 1.82) is 0 Å². The zero-order chi connectivity index (χ0) is 6.41. The summed E-state index contributed by atoms with van der Waals surface area (Å²) in [6.45, 7) is 3.62. The second-order valence-electron chi connectivity index (χ2n) is 1.41. The van der Waals surface area contributed by atoms with Gasteiger partial charge in [0.1, 0.15) is 0 Å². The Kier molecular flexibility index (Phi) is 4.11. The molecule has 0 saturated carbocycles. The highest BCUT2D eigenvalue weighted by Gasteiger charge is 1.92. The minimum atomic E-state index is 0.0579. The van der Waals surface area contributed by atoms with Crippen LogP contribution in [-0.4, -0.2) is 12.3 Å². The summed E-state index contributed by atoms with van der Waals surface area (Å²) < 4.78 is 0. The van der Waals surface area contributed by atoms with Crippen molar-refractivity contribution in [3.8, 4) is 0 Å². The van der Waals surface area contributed by atoms with E-state index in [0.29, 0.717) is 6.42 Å². The van der Waals surface area contributed by atoms with E-state index in [1.807, 2.05) is 0 Å². The number of rotatable bonds is 4. The number of hydrazine groups is 1. The Labute approximate surface area is 48.5 Å². The van der Waals surface area contributed by atoms with Crippen molar-refractivity contribution >= 4 is 5.78 Å². The van der Waals surface area contributed by atoms with Crippen LogP contribution in [0.4, 0.5) is 0 Å². The van der Waals surface area contributed by atoms with E-state index in [4.69, 9.17) is 5.84 Å². The number of ketones is 1. The summed E-state index contributed by atoms with van der Waals surface area (Å²) in [6, 6.07) is 0. The fraction of sp³-hybridized carbons (Fsp3) is 0.400. The molecule has 0 saturated heterocycles. The molecule has 3 N–H and O–H groups in total. The highest BCUT2D eigenvalue weighted by atomic mass is 16.1. The van der Waals surface area contributed by atoms with Crippen LogP contribution in [0.25, 0.3) is 0 Å². The molecule has 0 atom stereocenters. The zero-order valence-electron chi connectivity index (χ0n) is 4.68. The molecular formula is C5H10N2O. The van der Waals surface area contributed by atoms with Crippen LogP contribution in [0.2, 0.25) is 0 Å². The van der Waals surface area contributed by atoms with Gasteiger partial charge in [0.25, 0.3) is 0 Å². The van der Waals surface area contributed by atoms with Crippen LogP contribution in [0.1, 0.15) is 6.42 Å². The maximum absolute atomic E-state index is 10.4. The number of nitrogens with two attached hydrogens (primary N) is 1. The van der Waals surface area contributed by atoms with Crippen LogP contribution in [0.3, 0.4) is 0 Å². The number of carbonyl (C=O) groups is 1. The van der Waals surface area contributed by atoms with E-state index >= 15 is 0 Å². The maximum Gasteiger partial charge on any atom is 0.151 e. The fourth-order valence-corrected chi connectivity index (χ4v) is 0.347. The Morgan fingerprint density at radius 1 is 1.88 bits per heavy atom. The first-order chi connectivity index (χ1) is 3.81. The Morgan fingerprint density at radius 3 is 2.88 bits per heavy atom. The second kappa shape index (κ2) is 4.49. The van der Waals surface area contributed by atoms with Gasteiger partial charge in [-0.05, 0) is 0 Å². The molecule has 0 amide bonds. The van der Waals surface area contributed by atoms with Crippen molar-refractivity contribution in [2.24, 2.45) is 5.84 Å². The van der Waals surface area contributed by atoms with Crippen molar-refractivity contribution < 1.29 is 4.79 Å². The third kappa shape index (κ3) is 3.52. The van der Waals surface area contributed by atoms with Gasteiger partial charge >= 0.3 is 0 Å². The van der Waals surface area contributed by atoms with Gasteiger partial charge in [0, 0.05) is 6.42 Å². The number of hydrogen-bond donors (Lipinski definition) is 2. The first-order valence-electron chi connectivity index (χ1n) is 2.37. The van der Waals surface area contributed by atoms with E-state index in [0.717, 1.165) is 0 Å². The number of allylic oxidation sites excluding steroid dienone is 1. The molecule has 0 fully saturated rings. The lowest BCUT2D eigenvalue weighted by Crippen LogP contribution is -2.28. The molecule has 0 rings (SSSR count). The average Bonchev–Trinajstić information content (AvgIpc) is 1.68. The van der Waals surface area contributed by atoms with Gasteiger partial charge in [-0.25, -0.2) is 0 Å². The molecular weight excluding hydrogens is 104 g/mol. The first kappa shape index (κ1) is 7.33. The standard InChI is InChI=1S/C5H10N2O/c1-2-3-5(8)4-7-6/h2,7H,1,3-4,6H2. The minimum absolute atomic E-state index is 0.0579. The van der Waals surface area contributed by atoms with Crippen LogP contribution < -0.4 is 11.3 Å². The van der Waals surface area contributed by atoms with Gasteiger partial charge in [-0.15, -0.1) is 6.58 Å². The summed E-state index contributed by atoms with van der Waals surface area (Å²) >= 11 is 0. The van der Waals surface area contributed by atoms with Gasteiger partial charge in [0.2, 0.25) is 0 Å². The molecule has 46 valence electrons. The van der Waals surface area contributed by atoms with Crippen LogP contribution >= 0.6 is 0 Å². The molecule has 8 heavy (non-hydrogen) atoms. The second-order valence-corrected chi connectivity index (χ2v) is 1.41. The van der Waals surface area contributed by atoms with Gasteiger partial charge in [0.05, 0.1) is 6.54 Å². The maximum atomic E-state index is 10.4. The predicted molar refractivity (Wildman–Crippen MR) is 32.0 cm³/mol. The van der Waals surface area contributed by atoms with Crippen molar-refractivity contribution in [3.63, 3.8) is 0 Å². The summed E-state index contributed by atoms with van der Waals surface area (Å²) in [5, 5.41) is 0. The van der Waals surface area contributed by atoms with E-state index in [9.17, 15) is 4.79 Å². The third-order valence-corrected chi connectivity index (χ3v) is 0.671. The van der Waals surface area contributed by atoms with E-state index in [1.165, 1.54) is 0 Å². The highest BCUT2D eigenvalue weighted by Crippen LogP contribution is 1.78. The van der Waals surface area contributed by atoms with Crippen LogP contribution in [0.15, 0.2) is 12.7 Å². The number of Topliss-reactive ketones (excluding diaryl/α,β-unsaturated/α-hetero) is 1. The molecule has 0 heterocycles. The first-order valence-corrected chi connectivity index (χ1v) is 2.37. The number of hydrogen-bond acceptors (Lipinski definition) is 3. The number of nitrogens with one attached hydrogen (secondary N) is 1. The van der Waals surface area contributed by atoms with Crippen molar-refractivity contribution in [1.82, 2.24) is 5.43 Å². The largest absolute Gasteiger partial charge is 0.298 e. The normalized spacial score (nSPS) is 8.62. The van der Waals surface area contributed by atoms with E-state index in [1.54, 1.807) is 6.08 Å². The molecule has 0 unspecified atom stereocenters. The zero-order valence-corrected chi connectivity index (χ0v) is 4.68. The summed E-state index contributed by atoms with van der Waals surface area (Å²) in [7, 11) is 0. The Hall–Kier alpha value is -0.670. The summed E-state index contributed by atoms with van der Waals surface area (Å²) in [4.78, 5) is 10.4. The number of carbonyl (C=O) groups excluding carboxylic acids is 1. The predicted octanol–water partition coefficient (Wildman–Crippen LogP) is -0.405. The lowest BCUT2D eigenvalue weighted by atomic mass is 10.3. The quantitative estimate of drug-likeness (QED) is 0.297. The topological polar surface area (TPSA) is 55.1 Å². The van der Waals surface area contributed by atoms with Gasteiger partial charge in [-0.3, -0.25) is 16.1 Å². The SMILES string of the molecule is C=CCC(=O)CNN. The van der Waals surface area contributed by atoms with Crippen molar-refractivity contribution in [3.05, 3.63) is 12.7 Å². The van der Waals surface area contributed by atoms with E-state index in [2.05, 4.69) is 12.0 Å². The molecule has 0 aliphatic heterocycles. The van der Waals surface area contributed by atoms with Gasteiger partial charge in [0.15, 0.2) is 5.78 Å². The Morgan fingerprint density at radius 2 is 2.50 bits per heavy atom. The van der Waals surface area contributed by atoms with E-state index < -0.39 is 0 Å². The molecule has 0 aliphatic carbocycles. The molecule has 0 spiro atoms. The van der Waals surface area contributed by atoms with Crippen LogP contribution in [-0.2, 0) is 4.79 Å². The fourth-order valence-electron chi connectivity index (χ4n) is 0.347. The summed E-state index contributed by atoms with van der Waals surface area (Å²) in [5.74, 6) is 4.91.